The zero-order valence-electron chi connectivity index (χ0n) is 10.9. The molecule has 0 amide bonds. The van der Waals surface area contributed by atoms with Crippen LogP contribution in [0.5, 0.6) is 0 Å². The van der Waals surface area contributed by atoms with Crippen molar-refractivity contribution in [1.82, 2.24) is 5.32 Å². The number of hydrogen-bond acceptors (Lipinski definition) is 2. The lowest BCUT2D eigenvalue weighted by atomic mass is 9.92. The van der Waals surface area contributed by atoms with Gasteiger partial charge in [-0.3, -0.25) is 0 Å². The summed E-state index contributed by atoms with van der Waals surface area (Å²) in [5, 5.41) is 13.4. The van der Waals surface area contributed by atoms with E-state index in [4.69, 9.17) is 0 Å². The van der Waals surface area contributed by atoms with E-state index in [1.54, 1.807) is 0 Å². The van der Waals surface area contributed by atoms with E-state index in [9.17, 15) is 5.11 Å². The topological polar surface area (TPSA) is 32.3 Å². The van der Waals surface area contributed by atoms with Gasteiger partial charge in [-0.2, -0.15) is 0 Å². The second-order valence-corrected chi connectivity index (χ2v) is 5.20. The van der Waals surface area contributed by atoms with Crippen molar-refractivity contribution in [2.75, 3.05) is 0 Å². The second-order valence-electron chi connectivity index (χ2n) is 5.20. The van der Waals surface area contributed by atoms with Gasteiger partial charge in [0.25, 0.3) is 0 Å². The van der Waals surface area contributed by atoms with Crippen LogP contribution in [0.1, 0.15) is 42.4 Å². The summed E-state index contributed by atoms with van der Waals surface area (Å²) < 4.78 is 0. The monoisotopic (exact) mass is 233 g/mol. The van der Waals surface area contributed by atoms with Crippen molar-refractivity contribution in [3.8, 4) is 0 Å². The molecule has 17 heavy (non-hydrogen) atoms. The molecule has 0 saturated heterocycles. The van der Waals surface area contributed by atoms with Gasteiger partial charge in [-0.25, -0.2) is 0 Å². The van der Waals surface area contributed by atoms with Gasteiger partial charge in [-0.05, 0) is 43.4 Å². The number of aryl methyl sites for hydroxylation is 1. The van der Waals surface area contributed by atoms with Crippen molar-refractivity contribution in [2.45, 2.75) is 58.2 Å². The molecule has 0 spiro atoms. The molecule has 1 aromatic carbocycles. The number of aliphatic hydroxyl groups is 1. The Balaban J connectivity index is 1.95. The van der Waals surface area contributed by atoms with Crippen LogP contribution in [0.4, 0.5) is 0 Å². The number of aliphatic hydroxyl groups excluding tert-OH is 1. The fourth-order valence-corrected chi connectivity index (χ4v) is 2.59. The van der Waals surface area contributed by atoms with Gasteiger partial charge in [0, 0.05) is 12.6 Å². The minimum absolute atomic E-state index is 0.158. The van der Waals surface area contributed by atoms with Gasteiger partial charge in [0.05, 0.1) is 6.10 Å². The van der Waals surface area contributed by atoms with Gasteiger partial charge in [-0.1, -0.05) is 31.0 Å². The SMILES string of the molecule is Cc1cccc(CNC2CCCCC2O)c1C. The summed E-state index contributed by atoms with van der Waals surface area (Å²) in [5.74, 6) is 0. The number of benzene rings is 1. The van der Waals surface area contributed by atoms with Crippen LogP contribution in [-0.4, -0.2) is 17.3 Å². The first kappa shape index (κ1) is 12.6. The van der Waals surface area contributed by atoms with Crippen LogP contribution in [0.3, 0.4) is 0 Å². The number of nitrogens with one attached hydrogen (secondary N) is 1. The van der Waals surface area contributed by atoms with Crippen LogP contribution < -0.4 is 5.32 Å². The average Bonchev–Trinajstić information content (AvgIpc) is 2.33. The molecule has 0 aliphatic heterocycles. The van der Waals surface area contributed by atoms with Gasteiger partial charge < -0.3 is 10.4 Å². The van der Waals surface area contributed by atoms with Gasteiger partial charge in [-0.15, -0.1) is 0 Å². The maximum atomic E-state index is 9.91. The van der Waals surface area contributed by atoms with E-state index in [-0.39, 0.29) is 12.1 Å². The van der Waals surface area contributed by atoms with E-state index in [0.29, 0.717) is 0 Å². The molecule has 2 heteroatoms. The summed E-state index contributed by atoms with van der Waals surface area (Å²) in [6.45, 7) is 5.19. The third kappa shape index (κ3) is 3.08. The minimum atomic E-state index is -0.158. The van der Waals surface area contributed by atoms with Crippen molar-refractivity contribution in [1.29, 1.82) is 0 Å². The zero-order valence-corrected chi connectivity index (χ0v) is 10.9. The second kappa shape index (κ2) is 5.65. The molecule has 2 N–H and O–H groups in total. The first-order valence-corrected chi connectivity index (χ1v) is 6.65. The molecule has 1 aromatic rings. The van der Waals surface area contributed by atoms with Crippen molar-refractivity contribution in [2.24, 2.45) is 0 Å². The highest BCUT2D eigenvalue weighted by molar-refractivity contribution is 5.32. The molecule has 2 nitrogen and oxygen atoms in total. The summed E-state index contributed by atoms with van der Waals surface area (Å²) in [6.07, 6.45) is 4.30. The summed E-state index contributed by atoms with van der Waals surface area (Å²) in [5.41, 5.74) is 4.06. The van der Waals surface area contributed by atoms with E-state index >= 15 is 0 Å². The lowest BCUT2D eigenvalue weighted by molar-refractivity contribution is 0.0902. The molecule has 1 aliphatic carbocycles. The van der Waals surface area contributed by atoms with Crippen LogP contribution >= 0.6 is 0 Å². The number of hydrogen-bond donors (Lipinski definition) is 2. The Morgan fingerprint density at radius 3 is 2.76 bits per heavy atom. The molecule has 94 valence electrons. The average molecular weight is 233 g/mol. The molecule has 2 atom stereocenters. The van der Waals surface area contributed by atoms with Crippen LogP contribution in [0, 0.1) is 13.8 Å². The van der Waals surface area contributed by atoms with Crippen molar-refractivity contribution in [3.05, 3.63) is 34.9 Å². The summed E-state index contributed by atoms with van der Waals surface area (Å²) in [7, 11) is 0. The maximum absolute atomic E-state index is 9.91. The van der Waals surface area contributed by atoms with E-state index in [1.165, 1.54) is 29.5 Å². The summed E-state index contributed by atoms with van der Waals surface area (Å²) >= 11 is 0. The highest BCUT2D eigenvalue weighted by atomic mass is 16.3. The summed E-state index contributed by atoms with van der Waals surface area (Å²) in [6, 6.07) is 6.71. The lowest BCUT2D eigenvalue weighted by Crippen LogP contribution is -2.41. The van der Waals surface area contributed by atoms with Crippen LogP contribution in [0.2, 0.25) is 0 Å². The van der Waals surface area contributed by atoms with Gasteiger partial charge in [0.2, 0.25) is 0 Å². The van der Waals surface area contributed by atoms with Crippen molar-refractivity contribution < 1.29 is 5.11 Å². The van der Waals surface area contributed by atoms with Gasteiger partial charge >= 0.3 is 0 Å². The zero-order chi connectivity index (χ0) is 12.3. The lowest BCUT2D eigenvalue weighted by Gasteiger charge is -2.28. The first-order chi connectivity index (χ1) is 8.18. The molecule has 2 rings (SSSR count). The Morgan fingerprint density at radius 1 is 1.24 bits per heavy atom. The van der Waals surface area contributed by atoms with E-state index in [0.717, 1.165) is 19.4 Å². The molecular weight excluding hydrogens is 210 g/mol. The molecule has 0 heterocycles. The highest BCUT2D eigenvalue weighted by Crippen LogP contribution is 2.19. The van der Waals surface area contributed by atoms with Crippen LogP contribution in [0.15, 0.2) is 18.2 Å². The molecular formula is C15H23NO. The Morgan fingerprint density at radius 2 is 2.00 bits per heavy atom. The predicted octanol–water partition coefficient (Wildman–Crippen LogP) is 2.70. The largest absolute Gasteiger partial charge is 0.392 e. The third-order valence-corrected chi connectivity index (χ3v) is 4.00. The Kier molecular flexibility index (Phi) is 4.19. The molecule has 0 radical (unpaired) electrons. The Labute approximate surface area is 104 Å². The summed E-state index contributed by atoms with van der Waals surface area (Å²) in [4.78, 5) is 0. The standard InChI is InChI=1S/C15H23NO/c1-11-6-5-7-13(12(11)2)10-16-14-8-3-4-9-15(14)17/h5-7,14-17H,3-4,8-10H2,1-2H3. The molecule has 1 fully saturated rings. The van der Waals surface area contributed by atoms with E-state index in [1.807, 2.05) is 0 Å². The van der Waals surface area contributed by atoms with Crippen molar-refractivity contribution >= 4 is 0 Å². The maximum Gasteiger partial charge on any atom is 0.0693 e. The minimum Gasteiger partial charge on any atom is -0.392 e. The van der Waals surface area contributed by atoms with Crippen LogP contribution in [0.25, 0.3) is 0 Å². The Hall–Kier alpha value is -0.860. The molecule has 1 saturated carbocycles. The van der Waals surface area contributed by atoms with E-state index < -0.39 is 0 Å². The quantitative estimate of drug-likeness (QED) is 0.841. The van der Waals surface area contributed by atoms with Crippen molar-refractivity contribution in [3.63, 3.8) is 0 Å². The highest BCUT2D eigenvalue weighted by Gasteiger charge is 2.22. The smallest absolute Gasteiger partial charge is 0.0693 e. The number of rotatable bonds is 3. The Bertz CT molecular complexity index is 375. The molecule has 1 aliphatic rings. The fraction of sp³-hybridized carbons (Fsp3) is 0.600. The van der Waals surface area contributed by atoms with Gasteiger partial charge in [0.15, 0.2) is 0 Å². The van der Waals surface area contributed by atoms with Gasteiger partial charge in [0.1, 0.15) is 0 Å². The first-order valence-electron chi connectivity index (χ1n) is 6.65. The van der Waals surface area contributed by atoms with E-state index in [2.05, 4.69) is 37.4 Å². The predicted molar refractivity (Wildman–Crippen MR) is 71.0 cm³/mol. The third-order valence-electron chi connectivity index (χ3n) is 4.00. The molecule has 0 bridgehead atoms. The molecule has 0 aromatic heterocycles. The van der Waals surface area contributed by atoms with Crippen LogP contribution in [-0.2, 0) is 6.54 Å². The normalized spacial score (nSPS) is 24.9. The fourth-order valence-electron chi connectivity index (χ4n) is 2.59. The molecule has 2 unspecified atom stereocenters.